The molecule has 0 amide bonds. The van der Waals surface area contributed by atoms with Crippen molar-refractivity contribution >= 4 is 89.5 Å². The molecule has 4 aliphatic carbocycles. The number of hydrogen-bond donors (Lipinski definition) is 0. The van der Waals surface area contributed by atoms with Gasteiger partial charge in [-0.1, -0.05) is 305 Å². The molecule has 16 aromatic carbocycles. The van der Waals surface area contributed by atoms with Crippen LogP contribution in [0.5, 0.6) is 0 Å². The van der Waals surface area contributed by atoms with E-state index in [2.05, 4.69) is 373 Å². The summed E-state index contributed by atoms with van der Waals surface area (Å²) in [5.41, 5.74) is 36.5. The zero-order valence-electron chi connectivity index (χ0n) is 60.2. The Hall–Kier alpha value is -12.9. The summed E-state index contributed by atoms with van der Waals surface area (Å²) in [6.07, 6.45) is 18.8. The van der Waals surface area contributed by atoms with Gasteiger partial charge in [-0.15, -0.1) is 0 Å². The quantitative estimate of drug-likeness (QED) is 0.114. The Morgan fingerprint density at radius 1 is 0.204 bits per heavy atom. The molecule has 108 heavy (non-hydrogen) atoms. The lowest BCUT2D eigenvalue weighted by atomic mass is 9.75. The molecule has 2 spiro atoms. The molecule has 2 fully saturated rings. The molecular weight excluding hydrogens is 1300 g/mol. The molecule has 0 saturated heterocycles. The van der Waals surface area contributed by atoms with Crippen LogP contribution in [0.1, 0.15) is 95.9 Å². The highest BCUT2D eigenvalue weighted by Gasteiger charge is 2.47. The van der Waals surface area contributed by atoms with E-state index in [1.165, 1.54) is 250 Å². The summed E-state index contributed by atoms with van der Waals surface area (Å²) < 4.78 is 4.82. The summed E-state index contributed by atoms with van der Waals surface area (Å²) in [5, 5.41) is 10.1. The van der Waals surface area contributed by atoms with Crippen molar-refractivity contribution in [3.8, 4) is 89.3 Å². The van der Waals surface area contributed by atoms with Gasteiger partial charge in [0.15, 0.2) is 0 Å². The molecule has 22 rings (SSSR count). The van der Waals surface area contributed by atoms with Crippen molar-refractivity contribution in [2.45, 2.75) is 62.2 Å². The molecule has 2 saturated carbocycles. The Morgan fingerprint density at radius 2 is 0.472 bits per heavy atom. The Bertz CT molecular complexity index is 6340. The summed E-state index contributed by atoms with van der Waals surface area (Å²) in [6.45, 7) is 0. The van der Waals surface area contributed by atoms with E-state index in [1.54, 1.807) is 0 Å². The Balaban J connectivity index is 0.481. The van der Waals surface area contributed by atoms with Crippen molar-refractivity contribution in [1.29, 1.82) is 0 Å². The van der Waals surface area contributed by atoms with Crippen LogP contribution in [0.3, 0.4) is 0 Å². The maximum atomic E-state index is 2.61. The van der Waals surface area contributed by atoms with Crippen molar-refractivity contribution < 1.29 is 0 Å². The highest BCUT2D eigenvalue weighted by Crippen LogP contribution is 2.61. The third-order valence-corrected chi connectivity index (χ3v) is 25.2. The lowest BCUT2D eigenvalue weighted by Gasteiger charge is -2.28. The molecule has 2 nitrogen and oxygen atoms in total. The molecule has 18 aromatic rings. The molecule has 2 aromatic heterocycles. The van der Waals surface area contributed by atoms with E-state index in [9.17, 15) is 0 Å². The number of hydrogen-bond acceptors (Lipinski definition) is 0. The van der Waals surface area contributed by atoms with E-state index in [4.69, 9.17) is 0 Å². The van der Waals surface area contributed by atoms with Crippen LogP contribution in [0.4, 0.5) is 0 Å². The Labute approximate surface area is 630 Å². The fourth-order valence-electron chi connectivity index (χ4n) is 19.8. The summed E-state index contributed by atoms with van der Waals surface area (Å²) in [7, 11) is 0. The van der Waals surface area contributed by atoms with E-state index >= 15 is 0 Å². The van der Waals surface area contributed by atoms with Gasteiger partial charge >= 0.3 is 0 Å². The number of rotatable bonds is 11. The van der Waals surface area contributed by atoms with Crippen LogP contribution in [0, 0.1) is 0 Å². The standard InChI is InChI=1S/C106H76N2/c1-3-15-79-61-87(49-41-73(79)13-1)107-101-19-7-5-17-93(101)95-63-81(47-55-103(95)107)75-33-25-69(26-34-75)21-23-71-29-37-77(38-30-71)83-43-51-89-91-53-45-85(67-99(91)105(97(89)65-83)57-9-10-58-105)86-46-54-92-90-52-44-84(66-98(90)106(100(92)68-86)59-11-12-60-106)78-39-31-72(32-40-78)24-22-70-27-35-76(36-28-70)82-48-56-104-96(64-82)94-18-6-8-20-102(94)108(104)88-50-42-74-14-2-4-16-80(74)62-88/h1-8,13-56,61-68H,9-12,57-60H2/b23-21+,24-22+. The smallest absolute Gasteiger partial charge is 0.0541 e. The van der Waals surface area contributed by atoms with Crippen molar-refractivity contribution in [1.82, 2.24) is 9.13 Å². The minimum absolute atomic E-state index is 0.0289. The van der Waals surface area contributed by atoms with E-state index < -0.39 is 0 Å². The van der Waals surface area contributed by atoms with Gasteiger partial charge in [0, 0.05) is 43.7 Å². The number of benzene rings is 16. The van der Waals surface area contributed by atoms with Gasteiger partial charge in [-0.25, -0.2) is 0 Å². The van der Waals surface area contributed by atoms with E-state index in [0.717, 1.165) is 0 Å². The maximum absolute atomic E-state index is 2.61. The van der Waals surface area contributed by atoms with Gasteiger partial charge in [0.25, 0.3) is 0 Å². The number of aromatic nitrogens is 2. The Kier molecular flexibility index (Phi) is 14.4. The average Bonchev–Trinajstić information content (AvgIpc) is 1.56. The average molecular weight is 1380 g/mol. The Morgan fingerprint density at radius 3 is 0.815 bits per heavy atom. The lowest BCUT2D eigenvalue weighted by molar-refractivity contribution is 0.549. The zero-order valence-corrected chi connectivity index (χ0v) is 60.2. The largest absolute Gasteiger partial charge is 0.309 e. The zero-order chi connectivity index (χ0) is 71.0. The molecule has 2 heteroatoms. The lowest BCUT2D eigenvalue weighted by Crippen LogP contribution is -2.21. The summed E-state index contributed by atoms with van der Waals surface area (Å²) in [4.78, 5) is 0. The summed E-state index contributed by atoms with van der Waals surface area (Å²) in [6, 6.07) is 128. The van der Waals surface area contributed by atoms with Gasteiger partial charge in [0.1, 0.15) is 0 Å². The van der Waals surface area contributed by atoms with Crippen LogP contribution in [-0.4, -0.2) is 9.13 Å². The second-order valence-electron chi connectivity index (χ2n) is 31.0. The monoisotopic (exact) mass is 1380 g/mol. The number of para-hydroxylation sites is 2. The highest BCUT2D eigenvalue weighted by atomic mass is 15.0. The fourth-order valence-corrected chi connectivity index (χ4v) is 19.8. The molecule has 0 unspecified atom stereocenters. The third kappa shape index (κ3) is 10.1. The first-order valence-corrected chi connectivity index (χ1v) is 38.8. The molecule has 2 heterocycles. The fraction of sp³-hybridized carbons (Fsp3) is 0.0943. The van der Waals surface area contributed by atoms with Gasteiger partial charge in [-0.2, -0.15) is 0 Å². The van der Waals surface area contributed by atoms with Crippen LogP contribution < -0.4 is 0 Å². The third-order valence-electron chi connectivity index (χ3n) is 25.2. The highest BCUT2D eigenvalue weighted by molar-refractivity contribution is 6.12. The predicted molar refractivity (Wildman–Crippen MR) is 457 cm³/mol. The van der Waals surface area contributed by atoms with Crippen molar-refractivity contribution in [3.63, 3.8) is 0 Å². The minimum atomic E-state index is 0.0289. The van der Waals surface area contributed by atoms with Gasteiger partial charge in [-0.05, 0) is 255 Å². The van der Waals surface area contributed by atoms with Crippen LogP contribution in [0.15, 0.2) is 340 Å². The van der Waals surface area contributed by atoms with Crippen molar-refractivity contribution in [2.24, 2.45) is 0 Å². The first-order chi connectivity index (χ1) is 53.4. The van der Waals surface area contributed by atoms with E-state index in [0.29, 0.717) is 0 Å². The molecular formula is C106H76N2. The molecule has 0 radical (unpaired) electrons. The van der Waals surface area contributed by atoms with Crippen molar-refractivity contribution in [3.05, 3.63) is 384 Å². The summed E-state index contributed by atoms with van der Waals surface area (Å²) in [5.74, 6) is 0. The normalized spacial score (nSPS) is 14.6. The molecule has 0 bridgehead atoms. The van der Waals surface area contributed by atoms with Gasteiger partial charge in [0.2, 0.25) is 0 Å². The van der Waals surface area contributed by atoms with Gasteiger partial charge < -0.3 is 9.13 Å². The van der Waals surface area contributed by atoms with E-state index in [1.807, 2.05) is 0 Å². The van der Waals surface area contributed by atoms with Crippen LogP contribution >= 0.6 is 0 Å². The minimum Gasteiger partial charge on any atom is -0.309 e. The second kappa shape index (κ2) is 24.9. The molecule has 0 aliphatic heterocycles. The molecule has 0 atom stereocenters. The molecule has 0 N–H and O–H groups in total. The van der Waals surface area contributed by atoms with Crippen LogP contribution in [0.2, 0.25) is 0 Å². The van der Waals surface area contributed by atoms with Crippen molar-refractivity contribution in [2.75, 3.05) is 0 Å². The summed E-state index contributed by atoms with van der Waals surface area (Å²) >= 11 is 0. The van der Waals surface area contributed by atoms with Gasteiger partial charge in [0.05, 0.1) is 22.1 Å². The van der Waals surface area contributed by atoms with Gasteiger partial charge in [-0.3, -0.25) is 0 Å². The number of nitrogens with zero attached hydrogens (tertiary/aromatic N) is 2. The molecule has 4 aliphatic rings. The van der Waals surface area contributed by atoms with Crippen LogP contribution in [0.25, 0.3) is 179 Å². The van der Waals surface area contributed by atoms with E-state index in [-0.39, 0.29) is 10.8 Å². The maximum Gasteiger partial charge on any atom is 0.0541 e. The topological polar surface area (TPSA) is 9.86 Å². The second-order valence-corrected chi connectivity index (χ2v) is 31.0. The first kappa shape index (κ1) is 62.5. The SMILES string of the molecule is C(=C\c1ccc(-c2ccc3c(c2)c2ccccc2n3-c2ccc3ccccc3c2)cc1)/c1ccc(-c2ccc3c(c2)C2(CCCC2)c2cc(-c4ccc5c(c4)C4(CCCC4)c4cc(-c6ccc(/C=C/c7ccc(-c8ccc9c(c8)c8ccccc8n9-c8ccc9ccccc9c8)cc7)cc6)ccc4-5)ccc2-3)cc1. The first-order valence-electron chi connectivity index (χ1n) is 38.8. The van der Waals surface area contributed by atoms with Crippen LogP contribution in [-0.2, 0) is 10.8 Å². The predicted octanol–water partition coefficient (Wildman–Crippen LogP) is 28.5. The molecule has 510 valence electrons. The number of fused-ring (bicyclic) bond motifs is 18.